The maximum Gasteiger partial charge on any atom is 0.292 e. The fraction of sp³-hybridized carbons (Fsp3) is 0.111. The van der Waals surface area contributed by atoms with Crippen LogP contribution in [0.1, 0.15) is 22.8 Å². The molecule has 0 atom stereocenters. The van der Waals surface area contributed by atoms with Gasteiger partial charge in [-0.25, -0.2) is 0 Å². The van der Waals surface area contributed by atoms with E-state index in [4.69, 9.17) is 11.0 Å². The molecule has 6 heteroatoms. The van der Waals surface area contributed by atoms with Crippen LogP contribution in [0, 0.1) is 21.4 Å². The molecule has 0 aliphatic heterocycles. The molecule has 0 aliphatic carbocycles. The Kier molecular flexibility index (Phi) is 2.67. The van der Waals surface area contributed by atoms with Crippen molar-refractivity contribution < 1.29 is 9.72 Å². The molecular formula is C9H7N3O3. The number of ketones is 1. The number of nitrogen functional groups attached to an aromatic ring is 1. The molecule has 15 heavy (non-hydrogen) atoms. The molecule has 0 heterocycles. The topological polar surface area (TPSA) is 110 Å². The zero-order valence-corrected chi connectivity index (χ0v) is 7.85. The Morgan fingerprint density at radius 1 is 1.60 bits per heavy atom. The molecule has 1 aromatic carbocycles. The predicted molar refractivity (Wildman–Crippen MR) is 52.2 cm³/mol. The highest BCUT2D eigenvalue weighted by atomic mass is 16.6. The van der Waals surface area contributed by atoms with E-state index in [2.05, 4.69) is 0 Å². The lowest BCUT2D eigenvalue weighted by atomic mass is 10.0. The van der Waals surface area contributed by atoms with Gasteiger partial charge in [0.25, 0.3) is 5.69 Å². The number of nitrogens with zero attached hydrogens (tertiary/aromatic N) is 2. The van der Waals surface area contributed by atoms with E-state index < -0.39 is 10.7 Å². The zero-order valence-electron chi connectivity index (χ0n) is 7.85. The Labute approximate surface area is 85.1 Å². The van der Waals surface area contributed by atoms with E-state index in [1.54, 1.807) is 6.07 Å². The molecule has 0 radical (unpaired) electrons. The van der Waals surface area contributed by atoms with Crippen molar-refractivity contribution in [2.24, 2.45) is 0 Å². The first-order valence-corrected chi connectivity index (χ1v) is 3.96. The molecule has 0 bridgehead atoms. The maximum absolute atomic E-state index is 11.1. The van der Waals surface area contributed by atoms with Gasteiger partial charge in [-0.05, 0) is 13.0 Å². The highest BCUT2D eigenvalue weighted by molar-refractivity contribution is 5.98. The molecular weight excluding hydrogens is 198 g/mol. The second-order valence-corrected chi connectivity index (χ2v) is 2.88. The standard InChI is InChI=1S/C9H7N3O3/c1-5(13)7-3-9(12(14)15)8(11)2-6(7)4-10/h2-3H,11H2,1H3. The summed E-state index contributed by atoms with van der Waals surface area (Å²) in [5, 5.41) is 19.2. The summed E-state index contributed by atoms with van der Waals surface area (Å²) in [7, 11) is 0. The van der Waals surface area contributed by atoms with E-state index in [1.807, 2.05) is 0 Å². The van der Waals surface area contributed by atoms with Gasteiger partial charge in [0.1, 0.15) is 5.69 Å². The largest absolute Gasteiger partial charge is 0.393 e. The summed E-state index contributed by atoms with van der Waals surface area (Å²) in [5.41, 5.74) is 4.94. The second kappa shape index (κ2) is 3.75. The van der Waals surface area contributed by atoms with Crippen molar-refractivity contribution in [3.8, 4) is 6.07 Å². The van der Waals surface area contributed by atoms with Gasteiger partial charge in [-0.3, -0.25) is 14.9 Å². The first-order valence-electron chi connectivity index (χ1n) is 3.96. The van der Waals surface area contributed by atoms with Gasteiger partial charge in [0.2, 0.25) is 0 Å². The number of carbonyl (C=O) groups is 1. The molecule has 0 aliphatic rings. The molecule has 2 N–H and O–H groups in total. The van der Waals surface area contributed by atoms with E-state index >= 15 is 0 Å². The highest BCUT2D eigenvalue weighted by Crippen LogP contribution is 2.25. The van der Waals surface area contributed by atoms with Crippen LogP contribution in [0.3, 0.4) is 0 Å². The van der Waals surface area contributed by atoms with Gasteiger partial charge in [-0.1, -0.05) is 0 Å². The lowest BCUT2D eigenvalue weighted by Crippen LogP contribution is -2.02. The summed E-state index contributed by atoms with van der Waals surface area (Å²) in [6.45, 7) is 1.23. The van der Waals surface area contributed by atoms with Gasteiger partial charge >= 0.3 is 0 Å². The van der Waals surface area contributed by atoms with E-state index in [0.29, 0.717) is 0 Å². The molecule has 0 spiro atoms. The summed E-state index contributed by atoms with van der Waals surface area (Å²) in [6.07, 6.45) is 0. The molecule has 76 valence electrons. The lowest BCUT2D eigenvalue weighted by molar-refractivity contribution is -0.383. The Bertz CT molecular complexity index is 488. The average Bonchev–Trinajstić information content (AvgIpc) is 2.16. The van der Waals surface area contributed by atoms with E-state index in [1.165, 1.54) is 6.92 Å². The minimum atomic E-state index is -0.692. The average molecular weight is 205 g/mol. The van der Waals surface area contributed by atoms with Crippen LogP contribution in [0.15, 0.2) is 12.1 Å². The minimum absolute atomic E-state index is 0.0124. The number of Topliss-reactive ketones (excluding diaryl/α,β-unsaturated/α-hetero) is 1. The van der Waals surface area contributed by atoms with Crippen LogP contribution in [0.5, 0.6) is 0 Å². The molecule has 0 fully saturated rings. The Hall–Kier alpha value is -2.42. The van der Waals surface area contributed by atoms with Crippen molar-refractivity contribution in [3.63, 3.8) is 0 Å². The monoisotopic (exact) mass is 205 g/mol. The number of carbonyl (C=O) groups excluding carboxylic acids is 1. The van der Waals surface area contributed by atoms with Gasteiger partial charge in [-0.2, -0.15) is 5.26 Å². The van der Waals surface area contributed by atoms with Crippen molar-refractivity contribution >= 4 is 17.2 Å². The van der Waals surface area contributed by atoms with Crippen LogP contribution >= 0.6 is 0 Å². The number of nitriles is 1. The molecule has 0 aromatic heterocycles. The summed E-state index contributed by atoms with van der Waals surface area (Å²) < 4.78 is 0. The predicted octanol–water partition coefficient (Wildman–Crippen LogP) is 1.25. The van der Waals surface area contributed by atoms with Crippen LogP contribution < -0.4 is 5.73 Å². The van der Waals surface area contributed by atoms with Gasteiger partial charge in [-0.15, -0.1) is 0 Å². The van der Waals surface area contributed by atoms with E-state index in [0.717, 1.165) is 12.1 Å². The van der Waals surface area contributed by atoms with Crippen LogP contribution in [-0.2, 0) is 0 Å². The SMILES string of the molecule is CC(=O)c1cc([N+](=O)[O-])c(N)cc1C#N. The lowest BCUT2D eigenvalue weighted by Gasteiger charge is -2.02. The summed E-state index contributed by atoms with van der Waals surface area (Å²) >= 11 is 0. The first kappa shape index (κ1) is 10.7. The summed E-state index contributed by atoms with van der Waals surface area (Å²) in [5.74, 6) is -0.408. The number of hydrogen-bond acceptors (Lipinski definition) is 5. The number of nitrogens with two attached hydrogens (primary N) is 1. The molecule has 6 nitrogen and oxygen atoms in total. The Morgan fingerprint density at radius 3 is 2.60 bits per heavy atom. The van der Waals surface area contributed by atoms with E-state index in [-0.39, 0.29) is 22.5 Å². The van der Waals surface area contributed by atoms with E-state index in [9.17, 15) is 14.9 Å². The number of rotatable bonds is 2. The fourth-order valence-corrected chi connectivity index (χ4v) is 1.15. The van der Waals surface area contributed by atoms with Crippen LogP contribution in [-0.4, -0.2) is 10.7 Å². The fourth-order valence-electron chi connectivity index (χ4n) is 1.15. The van der Waals surface area contributed by atoms with Crippen molar-refractivity contribution in [2.45, 2.75) is 6.92 Å². The molecule has 1 rings (SSSR count). The molecule has 0 saturated heterocycles. The highest BCUT2D eigenvalue weighted by Gasteiger charge is 2.18. The Balaban J connectivity index is 3.52. The molecule has 0 amide bonds. The first-order chi connectivity index (χ1) is 6.97. The van der Waals surface area contributed by atoms with Crippen molar-refractivity contribution in [2.75, 3.05) is 5.73 Å². The van der Waals surface area contributed by atoms with Gasteiger partial charge in [0.15, 0.2) is 5.78 Å². The maximum atomic E-state index is 11.1. The summed E-state index contributed by atoms with van der Waals surface area (Å²) in [6, 6.07) is 3.92. The smallest absolute Gasteiger partial charge is 0.292 e. The van der Waals surface area contributed by atoms with Gasteiger partial charge in [0, 0.05) is 11.6 Å². The number of anilines is 1. The van der Waals surface area contributed by atoms with Crippen LogP contribution in [0.4, 0.5) is 11.4 Å². The number of nitro benzene ring substituents is 1. The third kappa shape index (κ3) is 1.91. The van der Waals surface area contributed by atoms with Gasteiger partial charge in [0.05, 0.1) is 16.6 Å². The summed E-state index contributed by atoms with van der Waals surface area (Å²) in [4.78, 5) is 20.9. The van der Waals surface area contributed by atoms with Gasteiger partial charge < -0.3 is 5.73 Å². The number of hydrogen-bond donors (Lipinski definition) is 1. The molecule has 0 unspecified atom stereocenters. The minimum Gasteiger partial charge on any atom is -0.393 e. The third-order valence-electron chi connectivity index (χ3n) is 1.86. The van der Waals surface area contributed by atoms with Crippen LogP contribution in [0.25, 0.3) is 0 Å². The normalized spacial score (nSPS) is 9.33. The quantitative estimate of drug-likeness (QED) is 0.338. The number of benzene rings is 1. The third-order valence-corrected chi connectivity index (χ3v) is 1.86. The van der Waals surface area contributed by atoms with Crippen LogP contribution in [0.2, 0.25) is 0 Å². The number of nitro groups is 1. The van der Waals surface area contributed by atoms with Crippen molar-refractivity contribution in [1.29, 1.82) is 5.26 Å². The zero-order chi connectivity index (χ0) is 11.6. The molecule has 0 saturated carbocycles. The Morgan fingerprint density at radius 2 is 2.20 bits per heavy atom. The van der Waals surface area contributed by atoms with Crippen molar-refractivity contribution in [1.82, 2.24) is 0 Å². The molecule has 1 aromatic rings. The second-order valence-electron chi connectivity index (χ2n) is 2.88. The van der Waals surface area contributed by atoms with Crippen molar-refractivity contribution in [3.05, 3.63) is 33.4 Å².